The number of para-hydroxylation sites is 1. The lowest BCUT2D eigenvalue weighted by Crippen LogP contribution is -2.32. The number of carbonyl (C=O) groups is 1. The third-order valence-electron chi connectivity index (χ3n) is 2.71. The van der Waals surface area contributed by atoms with Crippen molar-refractivity contribution in [1.82, 2.24) is 4.90 Å². The number of hydrogen-bond acceptors (Lipinski definition) is 5. The highest BCUT2D eigenvalue weighted by molar-refractivity contribution is 5.77. The minimum atomic E-state index is -0.549. The SMILES string of the molecule is Cc1cccc([N+](=O)[O-])c1OCC(=O)N(C)CCC#N. The smallest absolute Gasteiger partial charge is 0.311 e. The van der Waals surface area contributed by atoms with Gasteiger partial charge in [-0.2, -0.15) is 5.26 Å². The van der Waals surface area contributed by atoms with Gasteiger partial charge in [-0.3, -0.25) is 14.9 Å². The molecule has 0 fully saturated rings. The minimum absolute atomic E-state index is 0.0968. The van der Waals surface area contributed by atoms with Gasteiger partial charge in [-0.25, -0.2) is 0 Å². The van der Waals surface area contributed by atoms with Crippen LogP contribution in [0.4, 0.5) is 5.69 Å². The lowest BCUT2D eigenvalue weighted by atomic mass is 10.2. The first-order valence-electron chi connectivity index (χ1n) is 5.95. The number of ether oxygens (including phenoxy) is 1. The maximum atomic E-state index is 11.7. The lowest BCUT2D eigenvalue weighted by molar-refractivity contribution is -0.385. The van der Waals surface area contributed by atoms with Crippen molar-refractivity contribution in [1.29, 1.82) is 5.26 Å². The third kappa shape index (κ3) is 3.95. The molecule has 0 saturated carbocycles. The van der Waals surface area contributed by atoms with E-state index in [0.717, 1.165) is 0 Å². The third-order valence-corrected chi connectivity index (χ3v) is 2.71. The molecule has 0 spiro atoms. The van der Waals surface area contributed by atoms with E-state index in [2.05, 4.69) is 0 Å². The van der Waals surface area contributed by atoms with Crippen LogP contribution in [0.25, 0.3) is 0 Å². The van der Waals surface area contributed by atoms with Gasteiger partial charge in [-0.05, 0) is 12.5 Å². The van der Waals surface area contributed by atoms with E-state index in [0.29, 0.717) is 12.1 Å². The zero-order valence-corrected chi connectivity index (χ0v) is 11.3. The molecule has 0 aromatic heterocycles. The Balaban J connectivity index is 2.73. The number of nitro groups is 1. The highest BCUT2D eigenvalue weighted by atomic mass is 16.6. The second-order valence-electron chi connectivity index (χ2n) is 4.19. The fourth-order valence-electron chi connectivity index (χ4n) is 1.56. The molecule has 0 aliphatic heterocycles. The molecule has 20 heavy (non-hydrogen) atoms. The van der Waals surface area contributed by atoms with Crippen LogP contribution in [0.15, 0.2) is 18.2 Å². The van der Waals surface area contributed by atoms with Crippen molar-refractivity contribution >= 4 is 11.6 Å². The zero-order valence-electron chi connectivity index (χ0n) is 11.3. The molecule has 1 amide bonds. The van der Waals surface area contributed by atoms with Gasteiger partial charge in [-0.1, -0.05) is 12.1 Å². The first kappa shape index (κ1) is 15.4. The van der Waals surface area contributed by atoms with Crippen molar-refractivity contribution in [3.63, 3.8) is 0 Å². The number of hydrogen-bond donors (Lipinski definition) is 0. The number of amides is 1. The standard InChI is InChI=1S/C13H15N3O4/c1-10-5-3-6-11(16(18)19)13(10)20-9-12(17)15(2)8-4-7-14/h3,5-6H,4,8-9H2,1-2H3. The average Bonchev–Trinajstić information content (AvgIpc) is 2.42. The van der Waals surface area contributed by atoms with E-state index >= 15 is 0 Å². The molecule has 106 valence electrons. The molecule has 0 aliphatic carbocycles. The fourth-order valence-corrected chi connectivity index (χ4v) is 1.56. The van der Waals surface area contributed by atoms with Crippen LogP contribution in [0.1, 0.15) is 12.0 Å². The quantitative estimate of drug-likeness (QED) is 0.581. The number of nitro benzene ring substituents is 1. The van der Waals surface area contributed by atoms with Crippen LogP contribution in [0.3, 0.4) is 0 Å². The summed E-state index contributed by atoms with van der Waals surface area (Å²) in [5.74, 6) is -0.239. The van der Waals surface area contributed by atoms with Gasteiger partial charge in [-0.15, -0.1) is 0 Å². The van der Waals surface area contributed by atoms with Crippen molar-refractivity contribution in [2.45, 2.75) is 13.3 Å². The molecule has 0 heterocycles. The highest BCUT2D eigenvalue weighted by Gasteiger charge is 2.18. The van der Waals surface area contributed by atoms with Gasteiger partial charge in [0.05, 0.1) is 17.4 Å². The Morgan fingerprint density at radius 1 is 1.55 bits per heavy atom. The number of nitrogens with zero attached hydrogens (tertiary/aromatic N) is 3. The maximum absolute atomic E-state index is 11.7. The van der Waals surface area contributed by atoms with E-state index in [4.69, 9.17) is 10.00 Å². The van der Waals surface area contributed by atoms with Crippen molar-refractivity contribution in [3.8, 4) is 11.8 Å². The Hall–Kier alpha value is -2.62. The molecule has 1 aromatic carbocycles. The van der Waals surface area contributed by atoms with Crippen LogP contribution in [-0.2, 0) is 4.79 Å². The van der Waals surface area contributed by atoms with E-state index < -0.39 is 4.92 Å². The summed E-state index contributed by atoms with van der Waals surface area (Å²) in [6.07, 6.45) is 0.229. The van der Waals surface area contributed by atoms with Gasteiger partial charge in [0.2, 0.25) is 5.75 Å². The second kappa shape index (κ2) is 7.09. The molecular formula is C13H15N3O4. The predicted octanol–water partition coefficient (Wildman–Crippen LogP) is 1.65. The fraction of sp³-hybridized carbons (Fsp3) is 0.385. The Morgan fingerprint density at radius 3 is 2.85 bits per heavy atom. The van der Waals surface area contributed by atoms with Gasteiger partial charge in [0.1, 0.15) is 0 Å². The van der Waals surface area contributed by atoms with Crippen LogP contribution in [0, 0.1) is 28.4 Å². The van der Waals surface area contributed by atoms with E-state index in [1.165, 1.54) is 11.0 Å². The van der Waals surface area contributed by atoms with Crippen LogP contribution < -0.4 is 4.74 Å². The van der Waals surface area contributed by atoms with E-state index in [1.54, 1.807) is 26.1 Å². The molecular weight excluding hydrogens is 262 g/mol. The first-order chi connectivity index (χ1) is 9.47. The first-order valence-corrected chi connectivity index (χ1v) is 5.95. The molecule has 0 saturated heterocycles. The predicted molar refractivity (Wildman–Crippen MR) is 71.2 cm³/mol. The normalized spacial score (nSPS) is 9.65. The largest absolute Gasteiger partial charge is 0.477 e. The van der Waals surface area contributed by atoms with Crippen molar-refractivity contribution in [2.75, 3.05) is 20.2 Å². The number of likely N-dealkylation sites (N-methyl/N-ethyl adjacent to an activating group) is 1. The van der Waals surface area contributed by atoms with Gasteiger partial charge < -0.3 is 9.64 Å². The Labute approximate surface area is 116 Å². The van der Waals surface area contributed by atoms with Crippen LogP contribution in [-0.4, -0.2) is 35.9 Å². The molecule has 0 N–H and O–H groups in total. The molecule has 0 bridgehead atoms. The van der Waals surface area contributed by atoms with Crippen molar-refractivity contribution in [3.05, 3.63) is 33.9 Å². The molecule has 1 aromatic rings. The number of carbonyl (C=O) groups excluding carboxylic acids is 1. The van der Waals surface area contributed by atoms with Gasteiger partial charge in [0.15, 0.2) is 6.61 Å². The summed E-state index contributed by atoms with van der Waals surface area (Å²) in [5, 5.41) is 19.3. The van der Waals surface area contributed by atoms with Crippen molar-refractivity contribution < 1.29 is 14.5 Å². The number of aryl methyl sites for hydroxylation is 1. The topological polar surface area (TPSA) is 96.5 Å². The summed E-state index contributed by atoms with van der Waals surface area (Å²) in [7, 11) is 1.55. The van der Waals surface area contributed by atoms with E-state index in [1.807, 2.05) is 6.07 Å². The molecule has 7 nitrogen and oxygen atoms in total. The van der Waals surface area contributed by atoms with Crippen LogP contribution in [0.2, 0.25) is 0 Å². The van der Waals surface area contributed by atoms with Crippen LogP contribution in [0.5, 0.6) is 5.75 Å². The van der Waals surface area contributed by atoms with Gasteiger partial charge in [0.25, 0.3) is 5.91 Å². The number of nitriles is 1. The Bertz CT molecular complexity index is 551. The molecule has 1 rings (SSSR count). The monoisotopic (exact) mass is 277 g/mol. The maximum Gasteiger partial charge on any atom is 0.311 e. The van der Waals surface area contributed by atoms with Gasteiger partial charge in [0, 0.05) is 19.7 Å². The lowest BCUT2D eigenvalue weighted by Gasteiger charge is -2.16. The van der Waals surface area contributed by atoms with Crippen LogP contribution >= 0.6 is 0 Å². The molecule has 0 radical (unpaired) electrons. The molecule has 0 atom stereocenters. The summed E-state index contributed by atoms with van der Waals surface area (Å²) in [6, 6.07) is 6.49. The Kier molecular flexibility index (Phi) is 5.47. The molecule has 0 aliphatic rings. The van der Waals surface area contributed by atoms with Gasteiger partial charge >= 0.3 is 5.69 Å². The summed E-state index contributed by atoms with van der Waals surface area (Å²) in [6.45, 7) is 1.67. The molecule has 7 heteroatoms. The second-order valence-corrected chi connectivity index (χ2v) is 4.19. The Morgan fingerprint density at radius 2 is 2.25 bits per heavy atom. The highest BCUT2D eigenvalue weighted by Crippen LogP contribution is 2.30. The molecule has 0 unspecified atom stereocenters. The number of benzene rings is 1. The van der Waals surface area contributed by atoms with E-state index in [-0.39, 0.29) is 30.4 Å². The summed E-state index contributed by atoms with van der Waals surface area (Å²) in [4.78, 5) is 23.4. The minimum Gasteiger partial charge on any atom is -0.477 e. The zero-order chi connectivity index (χ0) is 15.1. The summed E-state index contributed by atoms with van der Waals surface area (Å²) in [5.41, 5.74) is 0.421. The summed E-state index contributed by atoms with van der Waals surface area (Å²) < 4.78 is 5.28. The van der Waals surface area contributed by atoms with E-state index in [9.17, 15) is 14.9 Å². The summed E-state index contributed by atoms with van der Waals surface area (Å²) >= 11 is 0. The van der Waals surface area contributed by atoms with Crippen molar-refractivity contribution in [2.24, 2.45) is 0 Å². The average molecular weight is 277 g/mol. The number of rotatable bonds is 6.